The highest BCUT2D eigenvalue weighted by molar-refractivity contribution is 5.89. The lowest BCUT2D eigenvalue weighted by atomic mass is 10.1. The summed E-state index contributed by atoms with van der Waals surface area (Å²) in [5.74, 6) is -1.84. The first-order valence-electron chi connectivity index (χ1n) is 7.14. The van der Waals surface area contributed by atoms with Crippen molar-refractivity contribution in [1.29, 1.82) is 0 Å². The molecule has 0 spiro atoms. The number of nitrogens with one attached hydrogen (secondary N) is 2. The maximum absolute atomic E-state index is 11.8. The van der Waals surface area contributed by atoms with E-state index in [9.17, 15) is 9.59 Å². The number of benzene rings is 1. The van der Waals surface area contributed by atoms with Gasteiger partial charge in [0.2, 0.25) is 5.91 Å². The Balaban J connectivity index is 1.58. The number of aromatic amines is 1. The highest BCUT2D eigenvalue weighted by Gasteiger charge is 2.48. The van der Waals surface area contributed by atoms with Gasteiger partial charge in [0.1, 0.15) is 0 Å². The fourth-order valence-corrected chi connectivity index (χ4v) is 2.86. The van der Waals surface area contributed by atoms with Crippen LogP contribution in [-0.2, 0) is 16.0 Å². The van der Waals surface area contributed by atoms with Crippen LogP contribution in [0.1, 0.15) is 17.5 Å². The number of carbonyl (C=O) groups is 2. The molecule has 1 amide bonds. The van der Waals surface area contributed by atoms with E-state index in [1.165, 1.54) is 16.5 Å². The summed E-state index contributed by atoms with van der Waals surface area (Å²) in [5.41, 5.74) is 3.49. The van der Waals surface area contributed by atoms with Gasteiger partial charge in [-0.1, -0.05) is 12.1 Å². The van der Waals surface area contributed by atoms with E-state index >= 15 is 0 Å². The number of H-pyrrole nitrogens is 1. The van der Waals surface area contributed by atoms with Crippen molar-refractivity contribution in [3.63, 3.8) is 0 Å². The minimum absolute atomic E-state index is 0.140. The van der Waals surface area contributed by atoms with Gasteiger partial charge in [0.15, 0.2) is 0 Å². The first-order chi connectivity index (χ1) is 10.1. The highest BCUT2D eigenvalue weighted by atomic mass is 16.4. The molecule has 2 atom stereocenters. The summed E-state index contributed by atoms with van der Waals surface area (Å²) in [4.78, 5) is 25.8. The standard InChI is InChI=1S/C16H18N2O3/c1-9-3-2-4-13-14(9)10(8-18-13)5-6-17-15(19)11-7-12(11)16(20)21/h2-4,8,11-12,18H,5-7H2,1H3,(H,17,19)(H,20,21). The van der Waals surface area contributed by atoms with Gasteiger partial charge in [-0.25, -0.2) is 0 Å². The Hall–Kier alpha value is -2.30. The van der Waals surface area contributed by atoms with E-state index in [-0.39, 0.29) is 11.8 Å². The molecule has 3 rings (SSSR count). The average molecular weight is 286 g/mol. The summed E-state index contributed by atoms with van der Waals surface area (Å²) in [6.07, 6.45) is 3.18. The second-order valence-corrected chi connectivity index (χ2v) is 5.64. The van der Waals surface area contributed by atoms with Crippen LogP contribution < -0.4 is 5.32 Å². The lowest BCUT2D eigenvalue weighted by Gasteiger charge is -2.05. The number of aromatic nitrogens is 1. The summed E-state index contributed by atoms with van der Waals surface area (Å²) in [7, 11) is 0. The molecule has 0 bridgehead atoms. The minimum Gasteiger partial charge on any atom is -0.481 e. The quantitative estimate of drug-likeness (QED) is 0.784. The molecule has 1 aromatic carbocycles. The summed E-state index contributed by atoms with van der Waals surface area (Å²) < 4.78 is 0. The molecule has 1 fully saturated rings. The Morgan fingerprint density at radius 3 is 2.90 bits per heavy atom. The molecule has 1 aliphatic carbocycles. The molecule has 1 heterocycles. The van der Waals surface area contributed by atoms with Crippen molar-refractivity contribution in [1.82, 2.24) is 10.3 Å². The zero-order valence-corrected chi connectivity index (χ0v) is 11.8. The van der Waals surface area contributed by atoms with Crippen LogP contribution in [0, 0.1) is 18.8 Å². The van der Waals surface area contributed by atoms with Crippen molar-refractivity contribution >= 4 is 22.8 Å². The van der Waals surface area contributed by atoms with Crippen LogP contribution in [0.15, 0.2) is 24.4 Å². The summed E-state index contributed by atoms with van der Waals surface area (Å²) in [6.45, 7) is 2.60. The normalized spacial score (nSPS) is 20.4. The van der Waals surface area contributed by atoms with Crippen molar-refractivity contribution in [2.45, 2.75) is 19.8 Å². The van der Waals surface area contributed by atoms with E-state index in [1.54, 1.807) is 0 Å². The van der Waals surface area contributed by atoms with Gasteiger partial charge < -0.3 is 15.4 Å². The van der Waals surface area contributed by atoms with Crippen molar-refractivity contribution in [2.75, 3.05) is 6.54 Å². The topological polar surface area (TPSA) is 82.2 Å². The smallest absolute Gasteiger partial charge is 0.307 e. The van der Waals surface area contributed by atoms with E-state index in [0.717, 1.165) is 11.9 Å². The third-order valence-corrected chi connectivity index (χ3v) is 4.13. The Labute approximate surface area is 122 Å². The molecule has 1 aliphatic rings. The van der Waals surface area contributed by atoms with E-state index in [1.807, 2.05) is 18.3 Å². The number of amides is 1. The molecule has 1 saturated carbocycles. The lowest BCUT2D eigenvalue weighted by molar-refractivity contribution is -0.140. The van der Waals surface area contributed by atoms with E-state index < -0.39 is 11.9 Å². The van der Waals surface area contributed by atoms with Crippen LogP contribution in [0.25, 0.3) is 10.9 Å². The molecular weight excluding hydrogens is 268 g/mol. The van der Waals surface area contributed by atoms with E-state index in [0.29, 0.717) is 13.0 Å². The number of aliphatic carboxylic acids is 1. The minimum atomic E-state index is -0.873. The fourth-order valence-electron chi connectivity index (χ4n) is 2.86. The lowest BCUT2D eigenvalue weighted by Crippen LogP contribution is -2.28. The summed E-state index contributed by atoms with van der Waals surface area (Å²) in [6, 6.07) is 6.12. The predicted molar refractivity (Wildman–Crippen MR) is 79.0 cm³/mol. The molecule has 1 aromatic heterocycles. The van der Waals surface area contributed by atoms with Crippen LogP contribution in [0.4, 0.5) is 0 Å². The van der Waals surface area contributed by atoms with Gasteiger partial charge in [-0.2, -0.15) is 0 Å². The molecule has 110 valence electrons. The predicted octanol–water partition coefficient (Wildman–Crippen LogP) is 1.86. The Morgan fingerprint density at radius 1 is 1.38 bits per heavy atom. The van der Waals surface area contributed by atoms with Gasteiger partial charge in [-0.15, -0.1) is 0 Å². The number of aryl methyl sites for hydroxylation is 1. The van der Waals surface area contributed by atoms with Gasteiger partial charge in [0.05, 0.1) is 11.8 Å². The van der Waals surface area contributed by atoms with Crippen molar-refractivity contribution < 1.29 is 14.7 Å². The highest BCUT2D eigenvalue weighted by Crippen LogP contribution is 2.38. The molecule has 0 radical (unpaired) electrons. The number of hydrogen-bond donors (Lipinski definition) is 3. The second-order valence-electron chi connectivity index (χ2n) is 5.64. The molecule has 21 heavy (non-hydrogen) atoms. The number of hydrogen-bond acceptors (Lipinski definition) is 2. The summed E-state index contributed by atoms with van der Waals surface area (Å²) in [5, 5.41) is 12.9. The van der Waals surface area contributed by atoms with Crippen molar-refractivity contribution in [3.8, 4) is 0 Å². The summed E-state index contributed by atoms with van der Waals surface area (Å²) >= 11 is 0. The Kier molecular flexibility index (Phi) is 3.41. The largest absolute Gasteiger partial charge is 0.481 e. The van der Waals surface area contributed by atoms with Gasteiger partial charge in [0, 0.05) is 23.6 Å². The van der Waals surface area contributed by atoms with Crippen LogP contribution in [-0.4, -0.2) is 28.5 Å². The van der Waals surface area contributed by atoms with Crippen LogP contribution in [0.3, 0.4) is 0 Å². The molecule has 2 aromatic rings. The van der Waals surface area contributed by atoms with Crippen LogP contribution in [0.2, 0.25) is 0 Å². The third kappa shape index (κ3) is 2.63. The monoisotopic (exact) mass is 286 g/mol. The maximum atomic E-state index is 11.8. The van der Waals surface area contributed by atoms with E-state index in [4.69, 9.17) is 5.11 Å². The maximum Gasteiger partial charge on any atom is 0.307 e. The molecule has 5 heteroatoms. The third-order valence-electron chi connectivity index (χ3n) is 4.13. The van der Waals surface area contributed by atoms with Gasteiger partial charge in [-0.3, -0.25) is 9.59 Å². The van der Waals surface area contributed by atoms with Gasteiger partial charge in [0.25, 0.3) is 0 Å². The molecule has 0 aliphatic heterocycles. The van der Waals surface area contributed by atoms with Gasteiger partial charge in [-0.05, 0) is 37.0 Å². The second kappa shape index (κ2) is 5.24. The zero-order valence-electron chi connectivity index (χ0n) is 11.8. The average Bonchev–Trinajstić information content (AvgIpc) is 3.15. The first kappa shape index (κ1) is 13.7. The van der Waals surface area contributed by atoms with Crippen LogP contribution >= 0.6 is 0 Å². The SMILES string of the molecule is Cc1cccc2[nH]cc(CCNC(=O)C3CC3C(=O)O)c12. The van der Waals surface area contributed by atoms with E-state index in [2.05, 4.69) is 23.3 Å². The number of carbonyl (C=O) groups excluding carboxylic acids is 1. The molecule has 0 saturated heterocycles. The number of rotatable bonds is 5. The Bertz CT molecular complexity index is 705. The molecular formula is C16H18N2O3. The zero-order chi connectivity index (χ0) is 15.0. The molecule has 5 nitrogen and oxygen atoms in total. The number of fused-ring (bicyclic) bond motifs is 1. The Morgan fingerprint density at radius 2 is 2.19 bits per heavy atom. The fraction of sp³-hybridized carbons (Fsp3) is 0.375. The molecule has 3 N–H and O–H groups in total. The number of carboxylic acid groups (broad SMARTS) is 1. The number of carboxylic acids is 1. The van der Waals surface area contributed by atoms with Crippen LogP contribution in [0.5, 0.6) is 0 Å². The van der Waals surface area contributed by atoms with Crippen molar-refractivity contribution in [3.05, 3.63) is 35.5 Å². The first-order valence-corrected chi connectivity index (χ1v) is 7.14. The molecule has 2 unspecified atom stereocenters. The van der Waals surface area contributed by atoms with Crippen molar-refractivity contribution in [2.24, 2.45) is 11.8 Å². The van der Waals surface area contributed by atoms with Gasteiger partial charge >= 0.3 is 5.97 Å².